The molecule has 1 heteroatoms. The van der Waals surface area contributed by atoms with Gasteiger partial charge in [0, 0.05) is 12.1 Å². The number of hydrogen-bond donors (Lipinski definition) is 1. The van der Waals surface area contributed by atoms with Gasteiger partial charge in [0.05, 0.1) is 0 Å². The lowest BCUT2D eigenvalue weighted by atomic mass is 9.98. The van der Waals surface area contributed by atoms with Crippen molar-refractivity contribution in [1.82, 2.24) is 5.32 Å². The minimum absolute atomic E-state index is 0.311. The highest BCUT2D eigenvalue weighted by molar-refractivity contribution is 5.86. The summed E-state index contributed by atoms with van der Waals surface area (Å²) in [6.07, 6.45) is 0. The fourth-order valence-electron chi connectivity index (χ4n) is 2.93. The molecule has 1 N–H and O–H groups in total. The van der Waals surface area contributed by atoms with Gasteiger partial charge in [-0.25, -0.2) is 0 Å². The number of fused-ring (bicyclic) bond motifs is 1. The van der Waals surface area contributed by atoms with E-state index < -0.39 is 0 Å². The Hall–Kier alpha value is -2.12. The molecule has 0 amide bonds. The Bertz CT molecular complexity index is 713. The Labute approximate surface area is 126 Å². The topological polar surface area (TPSA) is 12.0 Å². The lowest BCUT2D eigenvalue weighted by molar-refractivity contribution is 0.497. The summed E-state index contributed by atoms with van der Waals surface area (Å²) in [5.74, 6) is 0. The Morgan fingerprint density at radius 2 is 1.33 bits per heavy atom. The van der Waals surface area contributed by atoms with Gasteiger partial charge in [0.25, 0.3) is 0 Å². The van der Waals surface area contributed by atoms with Crippen LogP contribution in [0.2, 0.25) is 0 Å². The van der Waals surface area contributed by atoms with E-state index in [1.165, 1.54) is 21.9 Å². The van der Waals surface area contributed by atoms with E-state index in [1.54, 1.807) is 0 Å². The molecular formula is C20H21N. The molecule has 0 aliphatic carbocycles. The van der Waals surface area contributed by atoms with E-state index in [9.17, 15) is 0 Å². The molecule has 0 aliphatic rings. The fraction of sp³-hybridized carbons (Fsp3) is 0.200. The molecule has 2 atom stereocenters. The molecule has 106 valence electrons. The molecule has 3 rings (SSSR count). The molecular weight excluding hydrogens is 254 g/mol. The van der Waals surface area contributed by atoms with Crippen molar-refractivity contribution >= 4 is 10.8 Å². The average Bonchev–Trinajstić information content (AvgIpc) is 2.55. The summed E-state index contributed by atoms with van der Waals surface area (Å²) in [4.78, 5) is 0. The van der Waals surface area contributed by atoms with Crippen LogP contribution in [0.4, 0.5) is 0 Å². The van der Waals surface area contributed by atoms with Crippen LogP contribution in [0.25, 0.3) is 10.8 Å². The molecule has 0 spiro atoms. The first-order valence-corrected chi connectivity index (χ1v) is 7.54. The monoisotopic (exact) mass is 275 g/mol. The van der Waals surface area contributed by atoms with Gasteiger partial charge in [-0.15, -0.1) is 0 Å². The zero-order valence-corrected chi connectivity index (χ0v) is 12.6. The van der Waals surface area contributed by atoms with Gasteiger partial charge in [-0.2, -0.15) is 0 Å². The molecule has 0 saturated carbocycles. The van der Waals surface area contributed by atoms with E-state index in [4.69, 9.17) is 0 Å². The van der Waals surface area contributed by atoms with E-state index in [-0.39, 0.29) is 0 Å². The Kier molecular flexibility index (Phi) is 4.03. The van der Waals surface area contributed by atoms with Crippen molar-refractivity contribution in [3.63, 3.8) is 0 Å². The highest BCUT2D eigenvalue weighted by Crippen LogP contribution is 2.26. The maximum atomic E-state index is 3.70. The molecule has 0 unspecified atom stereocenters. The van der Waals surface area contributed by atoms with Crippen molar-refractivity contribution < 1.29 is 0 Å². The molecule has 0 fully saturated rings. The van der Waals surface area contributed by atoms with E-state index in [0.717, 1.165) is 0 Å². The van der Waals surface area contributed by atoms with Gasteiger partial charge in [-0.05, 0) is 35.7 Å². The third kappa shape index (κ3) is 2.98. The van der Waals surface area contributed by atoms with Crippen LogP contribution in [0.3, 0.4) is 0 Å². The summed E-state index contributed by atoms with van der Waals surface area (Å²) in [6.45, 7) is 4.46. The molecule has 0 radical (unpaired) electrons. The summed E-state index contributed by atoms with van der Waals surface area (Å²) in [5, 5.41) is 6.34. The number of hydrogen-bond acceptors (Lipinski definition) is 1. The van der Waals surface area contributed by atoms with Gasteiger partial charge in [0.2, 0.25) is 0 Å². The normalized spacial score (nSPS) is 14.0. The molecule has 0 heterocycles. The summed E-state index contributed by atoms with van der Waals surface area (Å²) in [6, 6.07) is 26.4. The van der Waals surface area contributed by atoms with Gasteiger partial charge < -0.3 is 5.32 Å². The number of rotatable bonds is 4. The highest BCUT2D eigenvalue weighted by atomic mass is 14.9. The predicted molar refractivity (Wildman–Crippen MR) is 90.4 cm³/mol. The molecule has 21 heavy (non-hydrogen) atoms. The SMILES string of the molecule is C[C@H](N[C@H](C)c1ccccc1)c1cccc2ccccc12. The van der Waals surface area contributed by atoms with E-state index in [1.807, 2.05) is 0 Å². The minimum atomic E-state index is 0.311. The molecule has 3 aromatic carbocycles. The Morgan fingerprint density at radius 3 is 2.14 bits per heavy atom. The second-order valence-electron chi connectivity index (χ2n) is 5.59. The van der Waals surface area contributed by atoms with Crippen molar-refractivity contribution in [2.75, 3.05) is 0 Å². The standard InChI is InChI=1S/C20H21N/c1-15(17-9-4-3-5-10-17)21-16(2)19-14-8-12-18-11-6-7-13-20(18)19/h3-16,21H,1-2H3/t15-,16+/m1/s1. The first-order valence-electron chi connectivity index (χ1n) is 7.54. The van der Waals surface area contributed by atoms with Crippen molar-refractivity contribution in [2.45, 2.75) is 25.9 Å². The molecule has 3 aromatic rings. The summed E-state index contributed by atoms with van der Waals surface area (Å²) < 4.78 is 0. The van der Waals surface area contributed by atoms with E-state index in [0.29, 0.717) is 12.1 Å². The largest absolute Gasteiger partial charge is 0.304 e. The quantitative estimate of drug-likeness (QED) is 0.685. The second kappa shape index (κ2) is 6.11. The van der Waals surface area contributed by atoms with Crippen molar-refractivity contribution in [3.05, 3.63) is 83.9 Å². The van der Waals surface area contributed by atoms with Crippen LogP contribution in [0, 0.1) is 0 Å². The van der Waals surface area contributed by atoms with Gasteiger partial charge in [-0.3, -0.25) is 0 Å². The number of benzene rings is 3. The van der Waals surface area contributed by atoms with Crippen LogP contribution in [-0.2, 0) is 0 Å². The minimum Gasteiger partial charge on any atom is -0.304 e. The van der Waals surface area contributed by atoms with E-state index in [2.05, 4.69) is 92.0 Å². The van der Waals surface area contributed by atoms with Gasteiger partial charge in [0.15, 0.2) is 0 Å². The maximum Gasteiger partial charge on any atom is 0.0303 e. The smallest absolute Gasteiger partial charge is 0.0303 e. The first kappa shape index (κ1) is 13.8. The Balaban J connectivity index is 1.86. The van der Waals surface area contributed by atoms with Gasteiger partial charge in [0.1, 0.15) is 0 Å². The summed E-state index contributed by atoms with van der Waals surface area (Å²) in [5.41, 5.74) is 2.68. The van der Waals surface area contributed by atoms with Crippen molar-refractivity contribution in [2.24, 2.45) is 0 Å². The fourth-order valence-corrected chi connectivity index (χ4v) is 2.93. The van der Waals surface area contributed by atoms with Crippen LogP contribution in [0.5, 0.6) is 0 Å². The Morgan fingerprint density at radius 1 is 0.667 bits per heavy atom. The zero-order valence-electron chi connectivity index (χ0n) is 12.6. The third-order valence-corrected chi connectivity index (χ3v) is 4.09. The number of nitrogens with one attached hydrogen (secondary N) is 1. The van der Waals surface area contributed by atoms with Crippen molar-refractivity contribution in [3.8, 4) is 0 Å². The van der Waals surface area contributed by atoms with E-state index >= 15 is 0 Å². The average molecular weight is 275 g/mol. The maximum absolute atomic E-state index is 3.70. The van der Waals surface area contributed by atoms with Crippen molar-refractivity contribution in [1.29, 1.82) is 0 Å². The van der Waals surface area contributed by atoms with Gasteiger partial charge in [-0.1, -0.05) is 72.8 Å². The molecule has 0 saturated heterocycles. The van der Waals surface area contributed by atoms with Crippen LogP contribution in [-0.4, -0.2) is 0 Å². The van der Waals surface area contributed by atoms with Gasteiger partial charge >= 0.3 is 0 Å². The lowest BCUT2D eigenvalue weighted by Crippen LogP contribution is -2.22. The summed E-state index contributed by atoms with van der Waals surface area (Å²) >= 11 is 0. The van der Waals surface area contributed by atoms with Crippen LogP contribution < -0.4 is 5.32 Å². The molecule has 0 aliphatic heterocycles. The van der Waals surface area contributed by atoms with Crippen LogP contribution in [0.1, 0.15) is 37.1 Å². The summed E-state index contributed by atoms with van der Waals surface area (Å²) in [7, 11) is 0. The molecule has 1 nitrogen and oxygen atoms in total. The second-order valence-corrected chi connectivity index (χ2v) is 5.59. The lowest BCUT2D eigenvalue weighted by Gasteiger charge is -2.22. The predicted octanol–water partition coefficient (Wildman–Crippen LogP) is 5.25. The highest BCUT2D eigenvalue weighted by Gasteiger charge is 2.12. The third-order valence-electron chi connectivity index (χ3n) is 4.09. The molecule has 0 aromatic heterocycles. The zero-order chi connectivity index (χ0) is 14.7. The van der Waals surface area contributed by atoms with Crippen LogP contribution >= 0.6 is 0 Å². The first-order chi connectivity index (χ1) is 10.3. The van der Waals surface area contributed by atoms with Crippen LogP contribution in [0.15, 0.2) is 72.8 Å². The molecule has 0 bridgehead atoms.